The second-order valence-corrected chi connectivity index (χ2v) is 4.33. The van der Waals surface area contributed by atoms with Gasteiger partial charge in [0.15, 0.2) is 11.6 Å². The fourth-order valence-corrected chi connectivity index (χ4v) is 2.13. The van der Waals surface area contributed by atoms with Gasteiger partial charge in [0.2, 0.25) is 0 Å². The van der Waals surface area contributed by atoms with Crippen LogP contribution in [-0.2, 0) is 0 Å². The van der Waals surface area contributed by atoms with E-state index < -0.39 is 22.8 Å². The van der Waals surface area contributed by atoms with Crippen molar-refractivity contribution in [2.45, 2.75) is 5.38 Å². The second-order valence-electron chi connectivity index (χ2n) is 3.89. The summed E-state index contributed by atoms with van der Waals surface area (Å²) in [6.07, 6.45) is 0. The van der Waals surface area contributed by atoms with Crippen LogP contribution >= 0.6 is 11.6 Å². The third-order valence-corrected chi connectivity index (χ3v) is 3.19. The highest BCUT2D eigenvalue weighted by atomic mass is 35.5. The minimum atomic E-state index is -1.03. The highest BCUT2D eigenvalue weighted by Crippen LogP contribution is 2.37. The molecule has 0 aliphatic rings. The molecule has 0 aromatic heterocycles. The largest absolute Gasteiger partial charge is 0.496 e. The van der Waals surface area contributed by atoms with Gasteiger partial charge >= 0.3 is 0 Å². The van der Waals surface area contributed by atoms with Gasteiger partial charge in [-0.2, -0.15) is 0 Å². The highest BCUT2D eigenvalue weighted by Gasteiger charge is 2.21. The number of hydrogen-bond donors (Lipinski definition) is 0. The number of methoxy groups -OCH3 is 1. The summed E-state index contributed by atoms with van der Waals surface area (Å²) in [5, 5.41) is -0.966. The van der Waals surface area contributed by atoms with Crippen molar-refractivity contribution in [1.82, 2.24) is 0 Å². The molecule has 100 valence electrons. The van der Waals surface area contributed by atoms with Gasteiger partial charge in [-0.1, -0.05) is 12.1 Å². The Morgan fingerprint density at radius 2 is 1.74 bits per heavy atom. The summed E-state index contributed by atoms with van der Waals surface area (Å²) in [6.45, 7) is 0. The van der Waals surface area contributed by atoms with Gasteiger partial charge in [-0.25, -0.2) is 13.2 Å². The van der Waals surface area contributed by atoms with Crippen LogP contribution in [0.15, 0.2) is 36.4 Å². The average Bonchev–Trinajstić information content (AvgIpc) is 2.40. The van der Waals surface area contributed by atoms with Gasteiger partial charge in [-0.15, -0.1) is 11.6 Å². The summed E-state index contributed by atoms with van der Waals surface area (Å²) in [6, 6.07) is 7.46. The fourth-order valence-electron chi connectivity index (χ4n) is 1.78. The van der Waals surface area contributed by atoms with Crippen LogP contribution in [0, 0.1) is 17.5 Å². The number of halogens is 4. The number of hydrogen-bond acceptors (Lipinski definition) is 1. The van der Waals surface area contributed by atoms with Crippen LogP contribution in [0.25, 0.3) is 0 Å². The van der Waals surface area contributed by atoms with Gasteiger partial charge in [0.1, 0.15) is 11.6 Å². The summed E-state index contributed by atoms with van der Waals surface area (Å²) < 4.78 is 44.9. The molecule has 5 heteroatoms. The Bertz CT molecular complexity index is 601. The van der Waals surface area contributed by atoms with E-state index in [1.807, 2.05) is 0 Å². The Kier molecular flexibility index (Phi) is 4.00. The van der Waals surface area contributed by atoms with Gasteiger partial charge in [0.05, 0.1) is 18.1 Å². The lowest BCUT2D eigenvalue weighted by Crippen LogP contribution is -2.02. The first-order valence-electron chi connectivity index (χ1n) is 5.46. The molecule has 0 heterocycles. The SMILES string of the molecule is COc1cccc(F)c1C(Cl)c1ccc(F)c(F)c1. The molecule has 1 atom stereocenters. The summed E-state index contributed by atoms with van der Waals surface area (Å²) in [5.74, 6) is -2.32. The van der Waals surface area contributed by atoms with Gasteiger partial charge in [0, 0.05) is 0 Å². The van der Waals surface area contributed by atoms with Crippen molar-refractivity contribution in [3.63, 3.8) is 0 Å². The third kappa shape index (κ3) is 2.68. The summed E-state index contributed by atoms with van der Waals surface area (Å²) in [5.41, 5.74) is 0.349. The smallest absolute Gasteiger partial charge is 0.159 e. The summed E-state index contributed by atoms with van der Waals surface area (Å²) in [7, 11) is 1.38. The van der Waals surface area contributed by atoms with Crippen molar-refractivity contribution in [3.8, 4) is 5.75 Å². The standard InChI is InChI=1S/C14H10ClF3O/c1-19-12-4-2-3-10(17)13(12)14(15)8-5-6-9(16)11(18)7-8/h2-7,14H,1H3. The van der Waals surface area contributed by atoms with E-state index in [0.717, 1.165) is 12.1 Å². The predicted molar refractivity (Wildman–Crippen MR) is 67.0 cm³/mol. The van der Waals surface area contributed by atoms with Crippen LogP contribution in [0.5, 0.6) is 5.75 Å². The average molecular weight is 287 g/mol. The van der Waals surface area contributed by atoms with Crippen molar-refractivity contribution in [1.29, 1.82) is 0 Å². The van der Waals surface area contributed by atoms with E-state index >= 15 is 0 Å². The van der Waals surface area contributed by atoms with Crippen molar-refractivity contribution in [2.24, 2.45) is 0 Å². The highest BCUT2D eigenvalue weighted by molar-refractivity contribution is 6.22. The molecule has 0 bridgehead atoms. The minimum Gasteiger partial charge on any atom is -0.496 e. The molecule has 0 fully saturated rings. The zero-order chi connectivity index (χ0) is 14.0. The Morgan fingerprint density at radius 3 is 2.37 bits per heavy atom. The van der Waals surface area contributed by atoms with Crippen molar-refractivity contribution in [3.05, 3.63) is 65.0 Å². The normalized spacial score (nSPS) is 12.3. The third-order valence-electron chi connectivity index (χ3n) is 2.72. The number of rotatable bonds is 3. The molecule has 19 heavy (non-hydrogen) atoms. The van der Waals surface area contributed by atoms with E-state index in [1.54, 1.807) is 6.07 Å². The van der Waals surface area contributed by atoms with Crippen LogP contribution in [0.3, 0.4) is 0 Å². The van der Waals surface area contributed by atoms with Crippen LogP contribution in [0.2, 0.25) is 0 Å². The molecule has 2 aromatic rings. The van der Waals surface area contributed by atoms with E-state index in [2.05, 4.69) is 0 Å². The van der Waals surface area contributed by atoms with Gasteiger partial charge in [-0.05, 0) is 29.8 Å². The minimum absolute atomic E-state index is 0.0951. The molecular formula is C14H10ClF3O. The molecule has 0 N–H and O–H groups in total. The fraction of sp³-hybridized carbons (Fsp3) is 0.143. The van der Waals surface area contributed by atoms with Crippen molar-refractivity contribution in [2.75, 3.05) is 7.11 Å². The van der Waals surface area contributed by atoms with Crippen LogP contribution in [0.1, 0.15) is 16.5 Å². The lowest BCUT2D eigenvalue weighted by Gasteiger charge is -2.15. The van der Waals surface area contributed by atoms with E-state index in [-0.39, 0.29) is 16.9 Å². The number of ether oxygens (including phenoxy) is 1. The zero-order valence-electron chi connectivity index (χ0n) is 9.96. The molecular weight excluding hydrogens is 277 g/mol. The monoisotopic (exact) mass is 286 g/mol. The first kappa shape index (κ1) is 13.7. The molecule has 0 amide bonds. The maximum atomic E-state index is 13.8. The molecule has 2 rings (SSSR count). The molecule has 1 nitrogen and oxygen atoms in total. The zero-order valence-corrected chi connectivity index (χ0v) is 10.7. The van der Waals surface area contributed by atoms with E-state index in [1.165, 1.54) is 25.3 Å². The maximum Gasteiger partial charge on any atom is 0.159 e. The van der Waals surface area contributed by atoms with Gasteiger partial charge in [0.25, 0.3) is 0 Å². The molecule has 0 spiro atoms. The maximum absolute atomic E-state index is 13.8. The second kappa shape index (κ2) is 5.53. The number of alkyl halides is 1. The van der Waals surface area contributed by atoms with Gasteiger partial charge < -0.3 is 4.74 Å². The first-order chi connectivity index (χ1) is 9.04. The van der Waals surface area contributed by atoms with Crippen molar-refractivity contribution < 1.29 is 17.9 Å². The Labute approximate surface area is 113 Å². The van der Waals surface area contributed by atoms with Crippen LogP contribution < -0.4 is 4.74 Å². The number of benzene rings is 2. The van der Waals surface area contributed by atoms with E-state index in [4.69, 9.17) is 16.3 Å². The lowest BCUT2D eigenvalue weighted by molar-refractivity contribution is 0.405. The summed E-state index contributed by atoms with van der Waals surface area (Å²) in [4.78, 5) is 0. The molecule has 0 aliphatic heterocycles. The van der Waals surface area contributed by atoms with Crippen LogP contribution in [-0.4, -0.2) is 7.11 Å². The molecule has 0 saturated heterocycles. The molecule has 0 aliphatic carbocycles. The molecule has 0 saturated carbocycles. The predicted octanol–water partition coefficient (Wildman–Crippen LogP) is 4.44. The first-order valence-corrected chi connectivity index (χ1v) is 5.89. The van der Waals surface area contributed by atoms with E-state index in [0.29, 0.717) is 0 Å². The quantitative estimate of drug-likeness (QED) is 0.758. The Hall–Kier alpha value is -1.68. The Morgan fingerprint density at radius 1 is 1.00 bits per heavy atom. The molecule has 0 radical (unpaired) electrons. The van der Waals surface area contributed by atoms with Gasteiger partial charge in [-0.3, -0.25) is 0 Å². The van der Waals surface area contributed by atoms with Crippen molar-refractivity contribution >= 4 is 11.6 Å². The molecule has 1 unspecified atom stereocenters. The topological polar surface area (TPSA) is 9.23 Å². The lowest BCUT2D eigenvalue weighted by atomic mass is 10.0. The summed E-state index contributed by atoms with van der Waals surface area (Å²) >= 11 is 6.14. The molecule has 2 aromatic carbocycles. The van der Waals surface area contributed by atoms with Crippen LogP contribution in [0.4, 0.5) is 13.2 Å². The Balaban J connectivity index is 2.49. The van der Waals surface area contributed by atoms with E-state index in [9.17, 15) is 13.2 Å².